The molecule has 2 saturated carbocycles. The lowest BCUT2D eigenvalue weighted by molar-refractivity contribution is -0.136. The van der Waals surface area contributed by atoms with E-state index in [0.29, 0.717) is 18.0 Å². The highest BCUT2D eigenvalue weighted by Gasteiger charge is 2.56. The number of aromatic amines is 2. The van der Waals surface area contributed by atoms with Crippen LogP contribution in [0.25, 0.3) is 44.4 Å². The number of piperidine rings is 2. The van der Waals surface area contributed by atoms with Crippen molar-refractivity contribution in [1.29, 1.82) is 0 Å². The maximum absolute atomic E-state index is 13.6. The number of fused-ring (bicyclic) bond motifs is 3. The molecule has 9 rings (SSSR count). The van der Waals surface area contributed by atoms with E-state index >= 15 is 0 Å². The van der Waals surface area contributed by atoms with E-state index in [4.69, 9.17) is 4.98 Å². The molecule has 2 aliphatic carbocycles. The van der Waals surface area contributed by atoms with E-state index in [1.807, 2.05) is 31.1 Å². The molecule has 5 N–H and O–H groups in total. The summed E-state index contributed by atoms with van der Waals surface area (Å²) in [4.78, 5) is 43.4. The Morgan fingerprint density at radius 3 is 2.33 bits per heavy atom. The van der Waals surface area contributed by atoms with E-state index in [9.17, 15) is 14.7 Å². The monoisotopic (exact) mass is 641 g/mol. The van der Waals surface area contributed by atoms with Crippen molar-refractivity contribution in [3.8, 4) is 33.6 Å². The van der Waals surface area contributed by atoms with Crippen molar-refractivity contribution in [2.24, 2.45) is 17.8 Å². The molecular formula is C38H39N7O3. The van der Waals surface area contributed by atoms with E-state index in [1.54, 1.807) is 0 Å². The number of rotatable bonds is 8. The molecular weight excluding hydrogens is 602 g/mol. The summed E-state index contributed by atoms with van der Waals surface area (Å²) in [5.74, 6) is 2.75. The Hall–Kier alpha value is -4.96. The highest BCUT2D eigenvalue weighted by atomic mass is 16.4. The minimum Gasteiger partial charge on any atom is -0.465 e. The summed E-state index contributed by atoms with van der Waals surface area (Å²) in [7, 11) is 0. The van der Waals surface area contributed by atoms with Gasteiger partial charge in [0.25, 0.3) is 0 Å². The van der Waals surface area contributed by atoms with Gasteiger partial charge in [0.1, 0.15) is 17.7 Å². The van der Waals surface area contributed by atoms with Gasteiger partial charge < -0.3 is 30.6 Å². The molecule has 0 radical (unpaired) electrons. The number of aromatic nitrogens is 4. The summed E-state index contributed by atoms with van der Waals surface area (Å²) in [6.07, 6.45) is 6.97. The second kappa shape index (κ2) is 11.1. The van der Waals surface area contributed by atoms with Crippen molar-refractivity contribution in [2.45, 2.75) is 69.7 Å². The maximum Gasteiger partial charge on any atom is 0.405 e. The van der Waals surface area contributed by atoms with Gasteiger partial charge in [-0.25, -0.2) is 14.8 Å². The number of carbonyl (C=O) groups is 2. The average molecular weight is 642 g/mol. The van der Waals surface area contributed by atoms with Gasteiger partial charge >= 0.3 is 6.09 Å². The quantitative estimate of drug-likeness (QED) is 0.128. The van der Waals surface area contributed by atoms with Gasteiger partial charge in [-0.1, -0.05) is 62.4 Å². The number of amides is 2. The van der Waals surface area contributed by atoms with Crippen LogP contribution in [-0.4, -0.2) is 60.1 Å². The fourth-order valence-electron chi connectivity index (χ4n) is 8.10. The molecule has 0 spiro atoms. The Morgan fingerprint density at radius 1 is 0.875 bits per heavy atom. The van der Waals surface area contributed by atoms with Crippen LogP contribution in [0.4, 0.5) is 4.79 Å². The van der Waals surface area contributed by atoms with Gasteiger partial charge in [-0.15, -0.1) is 0 Å². The molecule has 4 fully saturated rings. The second-order valence-corrected chi connectivity index (χ2v) is 14.5. The van der Waals surface area contributed by atoms with Crippen molar-refractivity contribution in [3.05, 3.63) is 84.7 Å². The average Bonchev–Trinajstić information content (AvgIpc) is 3.65. The summed E-state index contributed by atoms with van der Waals surface area (Å²) in [6.45, 7) is 3.73. The van der Waals surface area contributed by atoms with Crippen LogP contribution in [0.3, 0.4) is 0 Å². The molecule has 48 heavy (non-hydrogen) atoms. The van der Waals surface area contributed by atoms with Gasteiger partial charge in [-0.3, -0.25) is 4.79 Å². The third-order valence-electron chi connectivity index (χ3n) is 11.0. The summed E-state index contributed by atoms with van der Waals surface area (Å²) in [6, 6.07) is 21.8. The zero-order valence-electron chi connectivity index (χ0n) is 27.0. The molecule has 2 amide bonds. The van der Waals surface area contributed by atoms with E-state index in [2.05, 4.69) is 86.2 Å². The minimum atomic E-state index is -1.18. The number of hydrogen-bond donors (Lipinski definition) is 5. The number of benzene rings is 3. The highest BCUT2D eigenvalue weighted by molar-refractivity contribution is 5.91. The van der Waals surface area contributed by atoms with Crippen LogP contribution in [0, 0.1) is 17.8 Å². The van der Waals surface area contributed by atoms with Crippen molar-refractivity contribution in [3.63, 3.8) is 0 Å². The lowest BCUT2D eigenvalue weighted by Crippen LogP contribution is -2.51. The van der Waals surface area contributed by atoms with Crippen LogP contribution in [0.2, 0.25) is 0 Å². The first-order chi connectivity index (χ1) is 23.3. The first-order valence-electron chi connectivity index (χ1n) is 17.1. The van der Waals surface area contributed by atoms with Crippen molar-refractivity contribution in [1.82, 2.24) is 35.5 Å². The first kappa shape index (κ1) is 29.2. The molecule has 4 heterocycles. The summed E-state index contributed by atoms with van der Waals surface area (Å²) in [5.41, 5.74) is 6.32. The minimum absolute atomic E-state index is 0.154. The summed E-state index contributed by atoms with van der Waals surface area (Å²) < 4.78 is 0. The van der Waals surface area contributed by atoms with Crippen molar-refractivity contribution < 1.29 is 14.7 Å². The molecule has 2 aliphatic heterocycles. The Morgan fingerprint density at radius 2 is 1.60 bits per heavy atom. The molecule has 244 valence electrons. The van der Waals surface area contributed by atoms with Crippen molar-refractivity contribution in [2.75, 3.05) is 0 Å². The smallest absolute Gasteiger partial charge is 0.405 e. The van der Waals surface area contributed by atoms with Gasteiger partial charge in [0.2, 0.25) is 5.91 Å². The van der Waals surface area contributed by atoms with Crippen LogP contribution in [0.1, 0.15) is 63.3 Å². The predicted octanol–water partition coefficient (Wildman–Crippen LogP) is 6.66. The van der Waals surface area contributed by atoms with Crippen LogP contribution >= 0.6 is 0 Å². The van der Waals surface area contributed by atoms with Gasteiger partial charge in [0.15, 0.2) is 0 Å². The molecule has 7 atom stereocenters. The van der Waals surface area contributed by atoms with E-state index in [-0.39, 0.29) is 23.9 Å². The summed E-state index contributed by atoms with van der Waals surface area (Å²) >= 11 is 0. The summed E-state index contributed by atoms with van der Waals surface area (Å²) in [5, 5.41) is 17.7. The van der Waals surface area contributed by atoms with E-state index in [1.165, 1.54) is 12.8 Å². The number of nitrogens with zero attached hydrogens (tertiary/aromatic N) is 3. The largest absolute Gasteiger partial charge is 0.465 e. The SMILES string of the molecule is CC(C)C(NC(=O)O)C(=O)N1[C@@H]2C[C@@H]2C[C@H]1c1nc(-c2ccc3cc(-c4ccc(-c5cnc([C@@H]6C[C@H]7C[C@H]7N6)[nH]5)cc4)ccc3c2)c[nH]1. The molecule has 2 saturated heterocycles. The molecule has 2 aromatic heterocycles. The zero-order valence-corrected chi connectivity index (χ0v) is 27.0. The van der Waals surface area contributed by atoms with Crippen molar-refractivity contribution >= 4 is 22.8 Å². The molecule has 5 aromatic rings. The highest BCUT2D eigenvalue weighted by Crippen LogP contribution is 2.53. The number of likely N-dealkylation sites (tertiary alicyclic amines) is 1. The predicted molar refractivity (Wildman–Crippen MR) is 183 cm³/mol. The Bertz CT molecular complexity index is 2040. The number of carbonyl (C=O) groups excluding carboxylic acids is 1. The Balaban J connectivity index is 0.911. The van der Waals surface area contributed by atoms with Gasteiger partial charge in [0, 0.05) is 23.8 Å². The van der Waals surface area contributed by atoms with Gasteiger partial charge in [-0.05, 0) is 83.0 Å². The third kappa shape index (κ3) is 5.15. The molecule has 10 nitrogen and oxygen atoms in total. The fraction of sp³-hybridized carbons (Fsp3) is 0.368. The first-order valence-corrected chi connectivity index (χ1v) is 17.1. The molecule has 10 heteroatoms. The number of imidazole rings is 2. The topological polar surface area (TPSA) is 139 Å². The van der Waals surface area contributed by atoms with E-state index in [0.717, 1.165) is 74.8 Å². The van der Waals surface area contributed by atoms with Gasteiger partial charge in [0.05, 0.1) is 29.7 Å². The lowest BCUT2D eigenvalue weighted by atomic mass is 9.98. The van der Waals surface area contributed by atoms with E-state index < -0.39 is 12.1 Å². The maximum atomic E-state index is 13.6. The van der Waals surface area contributed by atoms with Crippen LogP contribution < -0.4 is 10.6 Å². The van der Waals surface area contributed by atoms with Crippen LogP contribution in [-0.2, 0) is 4.79 Å². The Kier molecular flexibility index (Phi) is 6.72. The molecule has 0 bridgehead atoms. The number of carboxylic acid groups (broad SMARTS) is 1. The van der Waals surface area contributed by atoms with Crippen LogP contribution in [0.5, 0.6) is 0 Å². The Labute approximate surface area is 278 Å². The fourth-order valence-corrected chi connectivity index (χ4v) is 8.10. The lowest BCUT2D eigenvalue weighted by Gasteiger charge is -2.31. The van der Waals surface area contributed by atoms with Crippen LogP contribution in [0.15, 0.2) is 73.1 Å². The number of nitrogens with one attached hydrogen (secondary N) is 4. The second-order valence-electron chi connectivity index (χ2n) is 14.5. The molecule has 1 unspecified atom stereocenters. The van der Waals surface area contributed by atoms with Gasteiger partial charge in [-0.2, -0.15) is 0 Å². The zero-order chi connectivity index (χ0) is 32.7. The number of hydrogen-bond acceptors (Lipinski definition) is 5. The molecule has 4 aliphatic rings. The molecule has 3 aromatic carbocycles. The number of H-pyrrole nitrogens is 2. The standard InChI is InChI=1S/C38H39N7O3/c1-19(2)34(44-38(47)48)37(46)45-32-15-27(32)16-33(45)36-40-18-31(43-36)25-10-9-23-11-22(7-8-24(23)12-25)20-3-5-21(6-4-20)30-17-39-35(42-30)29-14-26-13-28(26)41-29/h3-12,17-19,26-29,32-34,41,44H,13-16H2,1-2H3,(H,39,42)(H,40,43)(H,47,48)/t26-,27-,28-,29+,32-,33+,34?/m1/s1. The normalized spacial score (nSPS) is 26.0. The third-order valence-corrected chi connectivity index (χ3v) is 11.0.